The number of carbonyl (C=O) groups excluding carboxylic acids is 1. The second kappa shape index (κ2) is 7.85. The molecular formula is C23H24N4O3S. The van der Waals surface area contributed by atoms with Gasteiger partial charge in [-0.25, -0.2) is 13.1 Å². The Bertz CT molecular complexity index is 1210. The maximum Gasteiger partial charge on any atom is 0.267 e. The van der Waals surface area contributed by atoms with E-state index < -0.39 is 10.0 Å². The molecule has 1 unspecified atom stereocenters. The minimum atomic E-state index is -3.75. The Morgan fingerprint density at radius 1 is 1.03 bits per heavy atom. The van der Waals surface area contributed by atoms with Gasteiger partial charge in [0.2, 0.25) is 5.91 Å². The zero-order valence-corrected chi connectivity index (χ0v) is 17.9. The van der Waals surface area contributed by atoms with Crippen LogP contribution >= 0.6 is 0 Å². The highest BCUT2D eigenvalue weighted by Gasteiger charge is 2.37. The van der Waals surface area contributed by atoms with E-state index in [1.807, 2.05) is 59.5 Å². The molecule has 0 aliphatic carbocycles. The van der Waals surface area contributed by atoms with E-state index in [0.717, 1.165) is 30.6 Å². The Balaban J connectivity index is 1.40. The molecule has 0 N–H and O–H groups in total. The van der Waals surface area contributed by atoms with E-state index in [1.165, 1.54) is 10.5 Å². The van der Waals surface area contributed by atoms with E-state index in [9.17, 15) is 13.2 Å². The number of hydrogen-bond donors (Lipinski definition) is 0. The molecule has 3 heterocycles. The lowest BCUT2D eigenvalue weighted by Crippen LogP contribution is -2.31. The fourth-order valence-electron chi connectivity index (χ4n) is 4.47. The van der Waals surface area contributed by atoms with Crippen LogP contribution in [0, 0.1) is 0 Å². The Hall–Kier alpha value is -3.13. The highest BCUT2D eigenvalue weighted by atomic mass is 32.2. The van der Waals surface area contributed by atoms with Gasteiger partial charge in [-0.15, -0.1) is 0 Å². The first-order valence-electron chi connectivity index (χ1n) is 10.5. The van der Waals surface area contributed by atoms with Crippen LogP contribution in [0.3, 0.4) is 0 Å². The van der Waals surface area contributed by atoms with Crippen molar-refractivity contribution in [3.8, 4) is 5.69 Å². The quantitative estimate of drug-likeness (QED) is 0.595. The number of amides is 1. The third-order valence-corrected chi connectivity index (χ3v) is 7.85. The molecular weight excluding hydrogens is 412 g/mol. The van der Waals surface area contributed by atoms with Crippen molar-refractivity contribution in [3.05, 3.63) is 72.6 Å². The predicted molar refractivity (Wildman–Crippen MR) is 118 cm³/mol. The van der Waals surface area contributed by atoms with Crippen LogP contribution in [0.1, 0.15) is 30.7 Å². The number of rotatable bonds is 6. The summed E-state index contributed by atoms with van der Waals surface area (Å²) >= 11 is 0. The molecule has 2 aromatic carbocycles. The maximum atomic E-state index is 13.5. The molecule has 160 valence electrons. The van der Waals surface area contributed by atoms with Crippen LogP contribution in [0.15, 0.2) is 71.9 Å². The summed E-state index contributed by atoms with van der Waals surface area (Å²) in [4.78, 5) is 14.0. The lowest BCUT2D eigenvalue weighted by Gasteiger charge is -2.20. The largest absolute Gasteiger partial charge is 0.343 e. The fraction of sp³-hybridized carbons (Fsp3) is 0.304. The van der Waals surface area contributed by atoms with E-state index in [0.29, 0.717) is 25.2 Å². The summed E-state index contributed by atoms with van der Waals surface area (Å²) in [7, 11) is -3.75. The van der Waals surface area contributed by atoms with Gasteiger partial charge in [0, 0.05) is 32.0 Å². The molecule has 31 heavy (non-hydrogen) atoms. The first-order chi connectivity index (χ1) is 15.0. The molecule has 0 spiro atoms. The van der Waals surface area contributed by atoms with Crippen LogP contribution in [0.25, 0.3) is 5.69 Å². The molecule has 1 aromatic heterocycles. The predicted octanol–water partition coefficient (Wildman–Crippen LogP) is 3.18. The molecule has 8 heteroatoms. The van der Waals surface area contributed by atoms with E-state index in [1.54, 1.807) is 10.9 Å². The van der Waals surface area contributed by atoms with Gasteiger partial charge in [0.05, 0.1) is 23.8 Å². The lowest BCUT2D eigenvalue weighted by atomic mass is 9.98. The molecule has 0 bridgehead atoms. The van der Waals surface area contributed by atoms with Gasteiger partial charge < -0.3 is 4.90 Å². The summed E-state index contributed by atoms with van der Waals surface area (Å²) in [5.41, 5.74) is 2.54. The average molecular weight is 437 g/mol. The van der Waals surface area contributed by atoms with Crippen LogP contribution in [0.5, 0.6) is 0 Å². The molecule has 1 amide bonds. The van der Waals surface area contributed by atoms with E-state index in [2.05, 4.69) is 5.10 Å². The Morgan fingerprint density at radius 2 is 1.81 bits per heavy atom. The summed E-state index contributed by atoms with van der Waals surface area (Å²) in [6.45, 7) is 1.84. The van der Waals surface area contributed by atoms with Gasteiger partial charge in [-0.3, -0.25) is 9.10 Å². The van der Waals surface area contributed by atoms with Gasteiger partial charge in [0.15, 0.2) is 0 Å². The van der Waals surface area contributed by atoms with E-state index in [-0.39, 0.29) is 16.7 Å². The van der Waals surface area contributed by atoms with Gasteiger partial charge in [-0.1, -0.05) is 36.4 Å². The van der Waals surface area contributed by atoms with Gasteiger partial charge >= 0.3 is 0 Å². The normalized spacial score (nSPS) is 18.6. The van der Waals surface area contributed by atoms with Crippen molar-refractivity contribution in [3.63, 3.8) is 0 Å². The smallest absolute Gasteiger partial charge is 0.267 e. The summed E-state index contributed by atoms with van der Waals surface area (Å²) in [6.07, 6.45) is 5.24. The summed E-state index contributed by atoms with van der Waals surface area (Å²) in [5, 5.41) is 4.26. The first kappa shape index (κ1) is 19.8. The van der Waals surface area contributed by atoms with Crippen molar-refractivity contribution in [1.29, 1.82) is 0 Å². The molecule has 3 aromatic rings. The number of carbonyl (C=O) groups is 1. The number of anilines is 1. The summed E-state index contributed by atoms with van der Waals surface area (Å²) in [5.74, 6) is 0.257. The van der Waals surface area contributed by atoms with Crippen LogP contribution in [0.4, 0.5) is 5.69 Å². The molecule has 1 saturated heterocycles. The molecule has 0 radical (unpaired) electrons. The van der Waals surface area contributed by atoms with Crippen LogP contribution < -0.4 is 4.31 Å². The third kappa shape index (κ3) is 3.61. The molecule has 2 aliphatic heterocycles. The van der Waals surface area contributed by atoms with Gasteiger partial charge in [0.25, 0.3) is 10.0 Å². The van der Waals surface area contributed by atoms with Crippen molar-refractivity contribution in [1.82, 2.24) is 14.7 Å². The zero-order chi connectivity index (χ0) is 21.4. The highest BCUT2D eigenvalue weighted by Crippen LogP contribution is 2.41. The standard InChI is InChI=1S/C23H24N4O3S/c28-23-11-6-13-25(23)14-12-18-16-27(22-10-5-4-9-21(18)22)31(29,30)20-15-24-26(17-20)19-7-2-1-3-8-19/h1-5,7-10,15,17-18H,6,11-14,16H2. The van der Waals surface area contributed by atoms with Crippen molar-refractivity contribution < 1.29 is 13.2 Å². The Kier molecular flexibility index (Phi) is 5.02. The highest BCUT2D eigenvalue weighted by molar-refractivity contribution is 7.92. The number of nitrogens with zero attached hydrogens (tertiary/aromatic N) is 4. The van der Waals surface area contributed by atoms with Crippen molar-refractivity contribution >= 4 is 21.6 Å². The number of hydrogen-bond acceptors (Lipinski definition) is 4. The molecule has 0 saturated carbocycles. The van der Waals surface area contributed by atoms with E-state index >= 15 is 0 Å². The minimum Gasteiger partial charge on any atom is -0.343 e. The number of benzene rings is 2. The van der Waals surface area contributed by atoms with Crippen molar-refractivity contribution in [2.24, 2.45) is 0 Å². The zero-order valence-electron chi connectivity index (χ0n) is 17.1. The van der Waals surface area contributed by atoms with Crippen molar-refractivity contribution in [2.75, 3.05) is 23.9 Å². The second-order valence-electron chi connectivity index (χ2n) is 8.02. The second-order valence-corrected chi connectivity index (χ2v) is 9.88. The third-order valence-electron chi connectivity index (χ3n) is 6.12. The van der Waals surface area contributed by atoms with E-state index in [4.69, 9.17) is 0 Å². The average Bonchev–Trinajstić information content (AvgIpc) is 3.52. The SMILES string of the molecule is O=C1CCCN1CCC1CN(S(=O)(=O)c2cnn(-c3ccccc3)c2)c2ccccc21. The molecule has 2 aliphatic rings. The molecule has 1 fully saturated rings. The number of para-hydroxylation sites is 2. The molecule has 7 nitrogen and oxygen atoms in total. The Labute approximate surface area is 182 Å². The van der Waals surface area contributed by atoms with Gasteiger partial charge in [-0.2, -0.15) is 5.10 Å². The monoisotopic (exact) mass is 436 g/mol. The van der Waals surface area contributed by atoms with Crippen LogP contribution in [-0.4, -0.2) is 48.6 Å². The van der Waals surface area contributed by atoms with Crippen molar-refractivity contribution in [2.45, 2.75) is 30.1 Å². The van der Waals surface area contributed by atoms with Gasteiger partial charge in [-0.05, 0) is 36.6 Å². The number of fused-ring (bicyclic) bond motifs is 1. The van der Waals surface area contributed by atoms with Crippen LogP contribution in [-0.2, 0) is 14.8 Å². The fourth-order valence-corrected chi connectivity index (χ4v) is 5.94. The summed E-state index contributed by atoms with van der Waals surface area (Å²) < 4.78 is 30.1. The number of sulfonamides is 1. The molecule has 5 rings (SSSR count). The lowest BCUT2D eigenvalue weighted by molar-refractivity contribution is -0.127. The number of likely N-dealkylation sites (tertiary alicyclic amines) is 1. The number of aromatic nitrogens is 2. The van der Waals surface area contributed by atoms with Gasteiger partial charge in [0.1, 0.15) is 4.90 Å². The minimum absolute atomic E-state index is 0.0588. The van der Waals surface area contributed by atoms with Crippen LogP contribution in [0.2, 0.25) is 0 Å². The summed E-state index contributed by atoms with van der Waals surface area (Å²) in [6, 6.07) is 17.1. The topological polar surface area (TPSA) is 75.5 Å². The molecule has 1 atom stereocenters. The first-order valence-corrected chi connectivity index (χ1v) is 12.0. The maximum absolute atomic E-state index is 13.5. The Morgan fingerprint density at radius 3 is 2.58 bits per heavy atom.